The van der Waals surface area contributed by atoms with Crippen LogP contribution in [0.4, 0.5) is 5.69 Å². The second-order valence-corrected chi connectivity index (χ2v) is 7.15. The summed E-state index contributed by atoms with van der Waals surface area (Å²) in [7, 11) is 0. The van der Waals surface area contributed by atoms with Crippen molar-refractivity contribution in [3.63, 3.8) is 0 Å². The molecule has 0 aliphatic carbocycles. The Balaban J connectivity index is 1.77. The van der Waals surface area contributed by atoms with Crippen LogP contribution in [0.2, 0.25) is 5.02 Å². The summed E-state index contributed by atoms with van der Waals surface area (Å²) in [6.07, 6.45) is 3.80. The van der Waals surface area contributed by atoms with Gasteiger partial charge in [-0.3, -0.25) is 4.79 Å². The predicted molar refractivity (Wildman–Crippen MR) is 99.6 cm³/mol. The Labute approximate surface area is 153 Å². The van der Waals surface area contributed by atoms with Crippen molar-refractivity contribution >= 4 is 39.9 Å². The van der Waals surface area contributed by atoms with Gasteiger partial charge in [-0.05, 0) is 65.6 Å². The van der Waals surface area contributed by atoms with E-state index >= 15 is 0 Å². The van der Waals surface area contributed by atoms with Crippen LogP contribution in [0.3, 0.4) is 0 Å². The first kappa shape index (κ1) is 16.7. The summed E-state index contributed by atoms with van der Waals surface area (Å²) in [6.45, 7) is 2.32. The van der Waals surface area contributed by atoms with E-state index < -0.39 is 0 Å². The Morgan fingerprint density at radius 2 is 2.17 bits per heavy atom. The quantitative estimate of drug-likeness (QED) is 0.734. The third kappa shape index (κ3) is 4.05. The number of benzene rings is 1. The van der Waals surface area contributed by atoms with Gasteiger partial charge in [-0.2, -0.15) is 9.78 Å². The van der Waals surface area contributed by atoms with Gasteiger partial charge in [0.15, 0.2) is 0 Å². The van der Waals surface area contributed by atoms with E-state index in [0.717, 1.165) is 36.2 Å². The number of nitrogens with one attached hydrogen (secondary N) is 1. The van der Waals surface area contributed by atoms with Gasteiger partial charge < -0.3 is 10.1 Å². The molecule has 1 aliphatic heterocycles. The topological polar surface area (TPSA) is 56.1 Å². The van der Waals surface area contributed by atoms with Gasteiger partial charge in [-0.1, -0.05) is 11.6 Å². The van der Waals surface area contributed by atoms with Crippen LogP contribution in [0.25, 0.3) is 5.69 Å². The van der Waals surface area contributed by atoms with Crippen LogP contribution in [0, 0.1) is 9.49 Å². The van der Waals surface area contributed by atoms with E-state index in [2.05, 4.69) is 33.0 Å². The van der Waals surface area contributed by atoms with E-state index in [0.29, 0.717) is 17.3 Å². The number of aromatic nitrogens is 2. The second kappa shape index (κ2) is 7.63. The lowest BCUT2D eigenvalue weighted by Gasteiger charge is -2.22. The maximum absolute atomic E-state index is 12.4. The summed E-state index contributed by atoms with van der Waals surface area (Å²) in [5, 5.41) is 7.61. The number of ether oxygens (including phenoxy) is 1. The van der Waals surface area contributed by atoms with Crippen LogP contribution in [-0.4, -0.2) is 29.5 Å². The van der Waals surface area contributed by atoms with Crippen molar-refractivity contribution in [3.05, 3.63) is 49.4 Å². The second-order valence-electron chi connectivity index (χ2n) is 5.53. The zero-order chi connectivity index (χ0) is 16.2. The van der Waals surface area contributed by atoms with Crippen molar-refractivity contribution in [2.45, 2.75) is 12.8 Å². The first-order chi connectivity index (χ1) is 11.1. The largest absolute Gasteiger partial charge is 0.382 e. The van der Waals surface area contributed by atoms with Gasteiger partial charge in [0.2, 0.25) is 0 Å². The number of halogens is 2. The Morgan fingerprint density at radius 3 is 2.87 bits per heavy atom. The molecule has 1 N–H and O–H groups in total. The molecular weight excluding hydrogens is 429 g/mol. The first-order valence-corrected chi connectivity index (χ1v) is 8.96. The SMILES string of the molecule is O=c1c(Cl)c(NC[C@@H]2CCCOC2)cnn1-c1ccc(I)cc1. The number of hydrogen-bond acceptors (Lipinski definition) is 4. The van der Waals surface area contributed by atoms with E-state index in [1.54, 1.807) is 6.20 Å². The highest BCUT2D eigenvalue weighted by atomic mass is 127. The average molecular weight is 446 g/mol. The molecular formula is C16H17ClIN3O2. The van der Waals surface area contributed by atoms with E-state index in [1.807, 2.05) is 24.3 Å². The van der Waals surface area contributed by atoms with Crippen LogP contribution in [0.5, 0.6) is 0 Å². The summed E-state index contributed by atoms with van der Waals surface area (Å²) >= 11 is 8.44. The molecule has 5 nitrogen and oxygen atoms in total. The van der Waals surface area contributed by atoms with Gasteiger partial charge in [0.25, 0.3) is 5.56 Å². The standard InChI is InChI=1S/C16H17ClIN3O2/c17-15-14(19-8-11-2-1-7-23-10-11)9-20-21(16(15)22)13-5-3-12(18)4-6-13/h3-6,9,11,19H,1-2,7-8,10H2/t11-/m0/s1. The number of hydrogen-bond donors (Lipinski definition) is 1. The van der Waals surface area contributed by atoms with Crippen molar-refractivity contribution < 1.29 is 4.74 Å². The lowest BCUT2D eigenvalue weighted by molar-refractivity contribution is 0.0595. The number of nitrogens with zero attached hydrogens (tertiary/aromatic N) is 2. The maximum atomic E-state index is 12.4. The van der Waals surface area contributed by atoms with Crippen LogP contribution in [0.1, 0.15) is 12.8 Å². The molecule has 1 saturated heterocycles. The van der Waals surface area contributed by atoms with Crippen LogP contribution < -0.4 is 10.9 Å². The molecule has 2 aromatic rings. The molecule has 1 fully saturated rings. The van der Waals surface area contributed by atoms with Gasteiger partial charge in [0.05, 0.1) is 24.2 Å². The molecule has 1 atom stereocenters. The highest BCUT2D eigenvalue weighted by molar-refractivity contribution is 14.1. The van der Waals surface area contributed by atoms with Crippen molar-refractivity contribution in [1.29, 1.82) is 0 Å². The van der Waals surface area contributed by atoms with Crippen molar-refractivity contribution in [2.24, 2.45) is 5.92 Å². The van der Waals surface area contributed by atoms with E-state index in [1.165, 1.54) is 4.68 Å². The highest BCUT2D eigenvalue weighted by Gasteiger charge is 2.15. The molecule has 3 rings (SSSR count). The Morgan fingerprint density at radius 1 is 1.39 bits per heavy atom. The third-order valence-corrected chi connectivity index (χ3v) is 4.91. The molecule has 0 saturated carbocycles. The zero-order valence-corrected chi connectivity index (χ0v) is 15.4. The Kier molecular flexibility index (Phi) is 5.55. The summed E-state index contributed by atoms with van der Waals surface area (Å²) in [6, 6.07) is 7.54. The molecule has 1 aliphatic rings. The van der Waals surface area contributed by atoms with Crippen molar-refractivity contribution in [1.82, 2.24) is 9.78 Å². The van der Waals surface area contributed by atoms with Crippen LogP contribution >= 0.6 is 34.2 Å². The molecule has 2 heterocycles. The summed E-state index contributed by atoms with van der Waals surface area (Å²) in [5.74, 6) is 0.443. The van der Waals surface area contributed by atoms with Crippen LogP contribution in [0.15, 0.2) is 35.3 Å². The average Bonchev–Trinajstić information content (AvgIpc) is 2.58. The zero-order valence-electron chi connectivity index (χ0n) is 12.5. The van der Waals surface area contributed by atoms with Gasteiger partial charge in [0.1, 0.15) is 5.02 Å². The summed E-state index contributed by atoms with van der Waals surface area (Å²) in [4.78, 5) is 12.4. The lowest BCUT2D eigenvalue weighted by atomic mass is 10.0. The molecule has 0 radical (unpaired) electrons. The maximum Gasteiger partial charge on any atom is 0.292 e. The van der Waals surface area contributed by atoms with E-state index in [4.69, 9.17) is 16.3 Å². The van der Waals surface area contributed by atoms with Gasteiger partial charge >= 0.3 is 0 Å². The molecule has 1 aromatic heterocycles. The fourth-order valence-corrected chi connectivity index (χ4v) is 3.10. The van der Waals surface area contributed by atoms with E-state index in [9.17, 15) is 4.79 Å². The van der Waals surface area contributed by atoms with Crippen molar-refractivity contribution in [2.75, 3.05) is 25.1 Å². The monoisotopic (exact) mass is 445 g/mol. The number of rotatable bonds is 4. The summed E-state index contributed by atoms with van der Waals surface area (Å²) in [5.41, 5.74) is 0.950. The highest BCUT2D eigenvalue weighted by Crippen LogP contribution is 2.19. The smallest absolute Gasteiger partial charge is 0.292 e. The van der Waals surface area contributed by atoms with Gasteiger partial charge in [-0.15, -0.1) is 0 Å². The lowest BCUT2D eigenvalue weighted by Crippen LogP contribution is -2.26. The third-order valence-electron chi connectivity index (χ3n) is 3.83. The fraction of sp³-hybridized carbons (Fsp3) is 0.375. The van der Waals surface area contributed by atoms with Crippen LogP contribution in [-0.2, 0) is 4.74 Å². The first-order valence-electron chi connectivity index (χ1n) is 7.50. The van der Waals surface area contributed by atoms with Gasteiger partial charge in [-0.25, -0.2) is 0 Å². The summed E-state index contributed by atoms with van der Waals surface area (Å²) < 4.78 is 7.86. The predicted octanol–water partition coefficient (Wildman–Crippen LogP) is 3.33. The molecule has 0 unspecified atom stereocenters. The normalized spacial score (nSPS) is 17.9. The molecule has 0 bridgehead atoms. The fourth-order valence-electron chi connectivity index (χ4n) is 2.54. The minimum absolute atomic E-state index is 0.162. The minimum atomic E-state index is -0.322. The van der Waals surface area contributed by atoms with Crippen molar-refractivity contribution in [3.8, 4) is 5.69 Å². The molecule has 23 heavy (non-hydrogen) atoms. The number of anilines is 1. The molecule has 0 amide bonds. The van der Waals surface area contributed by atoms with E-state index in [-0.39, 0.29) is 10.6 Å². The molecule has 122 valence electrons. The molecule has 0 spiro atoms. The molecule has 7 heteroatoms. The Bertz CT molecular complexity index is 727. The molecule has 1 aromatic carbocycles. The minimum Gasteiger partial charge on any atom is -0.382 e. The Hall–Kier alpha value is -1.12. The van der Waals surface area contributed by atoms with Gasteiger partial charge in [0, 0.05) is 16.7 Å².